The number of hydrogen-bond donors (Lipinski definition) is 1. The number of morpholine rings is 1. The number of nitroso groups, excluding NO2 is 1. The molecule has 0 spiro atoms. The standard InChI is InChI=1S/C22H24N4O5S/c1-25-7-6-16-17(12-18-20(19(16)13-25)23-22(27)21(18)24-28)14-2-4-15(5-3-14)32(29,30)26-8-10-31-11-9-26/h2-5,12,21H,6-11,13H2,1H3,(H,23,27). The second-order valence-electron chi connectivity index (χ2n) is 8.37. The molecule has 0 aromatic heterocycles. The first-order chi connectivity index (χ1) is 15.4. The lowest BCUT2D eigenvalue weighted by Gasteiger charge is -2.29. The van der Waals surface area contributed by atoms with Crippen molar-refractivity contribution in [1.82, 2.24) is 9.21 Å². The van der Waals surface area contributed by atoms with Gasteiger partial charge in [0, 0.05) is 31.7 Å². The van der Waals surface area contributed by atoms with E-state index in [9.17, 15) is 18.1 Å². The van der Waals surface area contributed by atoms with Crippen LogP contribution in [-0.4, -0.2) is 63.4 Å². The second-order valence-corrected chi connectivity index (χ2v) is 10.3. The van der Waals surface area contributed by atoms with E-state index in [2.05, 4.69) is 15.4 Å². The first kappa shape index (κ1) is 21.2. The Morgan fingerprint density at radius 2 is 1.81 bits per heavy atom. The summed E-state index contributed by atoms with van der Waals surface area (Å²) in [5.74, 6) is -0.408. The first-order valence-electron chi connectivity index (χ1n) is 10.6. The first-order valence-corrected chi connectivity index (χ1v) is 12.0. The van der Waals surface area contributed by atoms with E-state index in [1.165, 1.54) is 4.31 Å². The fraction of sp³-hybridized carbons (Fsp3) is 0.409. The molecule has 3 aliphatic heterocycles. The highest BCUT2D eigenvalue weighted by molar-refractivity contribution is 7.89. The molecule has 1 atom stereocenters. The van der Waals surface area contributed by atoms with Crippen LogP contribution in [0.15, 0.2) is 40.4 Å². The van der Waals surface area contributed by atoms with Gasteiger partial charge in [0.05, 0.1) is 23.8 Å². The van der Waals surface area contributed by atoms with E-state index in [0.29, 0.717) is 44.1 Å². The van der Waals surface area contributed by atoms with Crippen LogP contribution in [0, 0.1) is 4.91 Å². The van der Waals surface area contributed by atoms with Gasteiger partial charge in [-0.25, -0.2) is 8.42 Å². The minimum atomic E-state index is -3.58. The van der Waals surface area contributed by atoms with E-state index >= 15 is 0 Å². The molecule has 168 valence electrons. The lowest BCUT2D eigenvalue weighted by Crippen LogP contribution is -2.40. The number of likely N-dealkylation sites (N-methyl/N-ethyl adjacent to an activating group) is 1. The van der Waals surface area contributed by atoms with E-state index in [1.54, 1.807) is 24.3 Å². The van der Waals surface area contributed by atoms with Crippen molar-refractivity contribution in [2.75, 3.05) is 45.2 Å². The van der Waals surface area contributed by atoms with Crippen molar-refractivity contribution in [3.05, 3.63) is 51.9 Å². The van der Waals surface area contributed by atoms with Crippen molar-refractivity contribution in [3.63, 3.8) is 0 Å². The molecule has 0 radical (unpaired) electrons. The van der Waals surface area contributed by atoms with Crippen LogP contribution in [-0.2, 0) is 32.5 Å². The van der Waals surface area contributed by atoms with Crippen molar-refractivity contribution in [3.8, 4) is 11.1 Å². The summed E-state index contributed by atoms with van der Waals surface area (Å²) in [7, 11) is -1.57. The highest BCUT2D eigenvalue weighted by Gasteiger charge is 2.36. The monoisotopic (exact) mass is 456 g/mol. The van der Waals surface area contributed by atoms with Crippen molar-refractivity contribution in [1.29, 1.82) is 0 Å². The summed E-state index contributed by atoms with van der Waals surface area (Å²) in [6, 6.07) is 7.61. The number of hydrogen-bond acceptors (Lipinski definition) is 7. The molecule has 1 fully saturated rings. The van der Waals surface area contributed by atoms with Crippen LogP contribution in [0.4, 0.5) is 5.69 Å². The third kappa shape index (κ3) is 3.43. The number of rotatable bonds is 4. The van der Waals surface area contributed by atoms with Crippen molar-refractivity contribution in [2.45, 2.75) is 23.9 Å². The zero-order valence-electron chi connectivity index (χ0n) is 17.7. The Bertz CT molecular complexity index is 1190. The zero-order chi connectivity index (χ0) is 22.5. The summed E-state index contributed by atoms with van der Waals surface area (Å²) >= 11 is 0. The Morgan fingerprint density at radius 1 is 1.09 bits per heavy atom. The summed E-state index contributed by atoms with van der Waals surface area (Å²) in [5.41, 5.74) is 5.13. The van der Waals surface area contributed by atoms with Crippen LogP contribution in [0.1, 0.15) is 22.7 Å². The van der Waals surface area contributed by atoms with Crippen molar-refractivity contribution < 1.29 is 17.9 Å². The predicted octanol–water partition coefficient (Wildman–Crippen LogP) is 2.12. The van der Waals surface area contributed by atoms with Gasteiger partial charge in [-0.1, -0.05) is 17.3 Å². The topological polar surface area (TPSA) is 108 Å². The maximum atomic E-state index is 12.9. The molecule has 2 aromatic carbocycles. The molecule has 0 saturated carbocycles. The van der Waals surface area contributed by atoms with Crippen molar-refractivity contribution in [2.24, 2.45) is 5.18 Å². The average Bonchev–Trinajstić information content (AvgIpc) is 3.14. The van der Waals surface area contributed by atoms with Crippen LogP contribution in [0.25, 0.3) is 11.1 Å². The number of anilines is 1. The zero-order valence-corrected chi connectivity index (χ0v) is 18.5. The lowest BCUT2D eigenvalue weighted by molar-refractivity contribution is -0.116. The normalized spacial score (nSPS) is 21.7. The molecular weight excluding hydrogens is 432 g/mol. The summed E-state index contributed by atoms with van der Waals surface area (Å²) in [6.45, 7) is 3.00. The Labute approximate surface area is 186 Å². The Balaban J connectivity index is 1.57. The minimum absolute atomic E-state index is 0.238. The van der Waals surface area contributed by atoms with Crippen molar-refractivity contribution >= 4 is 21.6 Å². The van der Waals surface area contributed by atoms with E-state index in [1.807, 2.05) is 13.1 Å². The molecule has 3 heterocycles. The number of carbonyl (C=O) groups is 1. The molecule has 9 nitrogen and oxygen atoms in total. The molecule has 1 saturated heterocycles. The third-order valence-corrected chi connectivity index (χ3v) is 8.33. The molecule has 0 bridgehead atoms. The van der Waals surface area contributed by atoms with Crippen LogP contribution in [0.2, 0.25) is 0 Å². The predicted molar refractivity (Wildman–Crippen MR) is 119 cm³/mol. The van der Waals surface area contributed by atoms with E-state index < -0.39 is 22.0 Å². The molecule has 5 rings (SSSR count). The van der Waals surface area contributed by atoms with Crippen LogP contribution < -0.4 is 5.32 Å². The number of carbonyl (C=O) groups excluding carboxylic acids is 1. The lowest BCUT2D eigenvalue weighted by atomic mass is 9.87. The quantitative estimate of drug-likeness (QED) is 0.706. The number of benzene rings is 2. The summed E-state index contributed by atoms with van der Waals surface area (Å²) in [5, 5.41) is 5.88. The SMILES string of the molecule is CN1CCc2c(-c3ccc(S(=O)(=O)N4CCOCC4)cc3)cc3c(c2C1)NC(=O)C3N=O. The number of sulfonamides is 1. The minimum Gasteiger partial charge on any atom is -0.379 e. The molecule has 2 aromatic rings. The highest BCUT2D eigenvalue weighted by atomic mass is 32.2. The molecule has 1 amide bonds. The average molecular weight is 457 g/mol. The molecule has 1 N–H and O–H groups in total. The smallest absolute Gasteiger partial charge is 0.257 e. The van der Waals surface area contributed by atoms with Gasteiger partial charge in [0.1, 0.15) is 0 Å². The van der Waals surface area contributed by atoms with Gasteiger partial charge in [-0.15, -0.1) is 4.91 Å². The Hall–Kier alpha value is -2.66. The number of ether oxygens (including phenoxy) is 1. The van der Waals surface area contributed by atoms with E-state index in [4.69, 9.17) is 4.74 Å². The summed E-state index contributed by atoms with van der Waals surface area (Å²) < 4.78 is 32.6. The fourth-order valence-electron chi connectivity index (χ4n) is 4.71. The van der Waals surface area contributed by atoms with Gasteiger partial charge in [-0.05, 0) is 53.9 Å². The van der Waals surface area contributed by atoms with Gasteiger partial charge in [0.15, 0.2) is 6.04 Å². The molecule has 0 aliphatic carbocycles. The third-order valence-electron chi connectivity index (χ3n) is 6.42. The number of fused-ring (bicyclic) bond motifs is 3. The fourth-order valence-corrected chi connectivity index (χ4v) is 6.12. The van der Waals surface area contributed by atoms with Gasteiger partial charge < -0.3 is 15.0 Å². The van der Waals surface area contributed by atoms with E-state index in [-0.39, 0.29) is 4.90 Å². The molecule has 32 heavy (non-hydrogen) atoms. The Morgan fingerprint density at radius 3 is 2.50 bits per heavy atom. The molecule has 10 heteroatoms. The second kappa shape index (κ2) is 8.04. The number of nitrogens with zero attached hydrogens (tertiary/aromatic N) is 3. The van der Waals surface area contributed by atoms with Crippen LogP contribution >= 0.6 is 0 Å². The summed E-state index contributed by atoms with van der Waals surface area (Å²) in [4.78, 5) is 26.1. The molecule has 1 unspecified atom stereocenters. The van der Waals surface area contributed by atoms with Gasteiger partial charge in [0.2, 0.25) is 10.0 Å². The molecular formula is C22H24N4O5S. The van der Waals surface area contributed by atoms with Crippen LogP contribution in [0.5, 0.6) is 0 Å². The van der Waals surface area contributed by atoms with Crippen LogP contribution in [0.3, 0.4) is 0 Å². The van der Waals surface area contributed by atoms with E-state index in [0.717, 1.165) is 35.2 Å². The highest BCUT2D eigenvalue weighted by Crippen LogP contribution is 2.44. The van der Waals surface area contributed by atoms with Gasteiger partial charge in [-0.2, -0.15) is 4.31 Å². The molecule has 3 aliphatic rings. The number of amides is 1. The van der Waals surface area contributed by atoms with Gasteiger partial charge >= 0.3 is 0 Å². The van der Waals surface area contributed by atoms with Gasteiger partial charge in [0.25, 0.3) is 5.91 Å². The maximum absolute atomic E-state index is 12.9. The Kier molecular flexibility index (Phi) is 5.32. The van der Waals surface area contributed by atoms with Gasteiger partial charge in [-0.3, -0.25) is 4.79 Å². The maximum Gasteiger partial charge on any atom is 0.257 e. The number of nitrogens with one attached hydrogen (secondary N) is 1. The summed E-state index contributed by atoms with van der Waals surface area (Å²) in [6.07, 6.45) is 0.789. The largest absolute Gasteiger partial charge is 0.379 e.